The van der Waals surface area contributed by atoms with Crippen molar-refractivity contribution in [2.45, 2.75) is 31.7 Å². The summed E-state index contributed by atoms with van der Waals surface area (Å²) >= 11 is 0. The molecule has 1 aliphatic rings. The van der Waals surface area contributed by atoms with Crippen LogP contribution in [0.25, 0.3) is 0 Å². The standard InChI is InChI=1S/C19H30F3N5O2S.HI/c1-2-23-18(25-12-6-11-24-17-7-4-3-5-8-17)26-15-16-9-13-27(14-10-16)30(28,29)19(20,21)22;/h3-5,7-8,16,24H,2,6,9-15H2,1H3,(H2,23,25,26);1H. The highest BCUT2D eigenvalue weighted by Gasteiger charge is 2.50. The Kier molecular flexibility index (Phi) is 11.9. The summed E-state index contributed by atoms with van der Waals surface area (Å²) in [5.74, 6) is 0.711. The van der Waals surface area contributed by atoms with Crippen LogP contribution in [-0.2, 0) is 10.0 Å². The monoisotopic (exact) mass is 577 g/mol. The van der Waals surface area contributed by atoms with Gasteiger partial charge in [-0.25, -0.2) is 8.42 Å². The third-order valence-electron chi connectivity index (χ3n) is 4.81. The lowest BCUT2D eigenvalue weighted by molar-refractivity contribution is -0.0496. The average Bonchev–Trinajstić information content (AvgIpc) is 2.72. The normalized spacial score (nSPS) is 16.5. The summed E-state index contributed by atoms with van der Waals surface area (Å²) in [5.41, 5.74) is -4.17. The number of benzene rings is 1. The number of nitrogens with one attached hydrogen (secondary N) is 3. The second-order valence-electron chi connectivity index (χ2n) is 7.09. The molecule has 12 heteroatoms. The third kappa shape index (κ3) is 9.00. The van der Waals surface area contributed by atoms with E-state index in [9.17, 15) is 21.6 Å². The van der Waals surface area contributed by atoms with E-state index in [-0.39, 0.29) is 43.0 Å². The Morgan fingerprint density at radius 2 is 1.77 bits per heavy atom. The molecule has 2 rings (SSSR count). The number of sulfonamides is 1. The van der Waals surface area contributed by atoms with E-state index < -0.39 is 15.5 Å². The molecule has 0 spiro atoms. The van der Waals surface area contributed by atoms with Gasteiger partial charge in [0.1, 0.15) is 0 Å². The van der Waals surface area contributed by atoms with Crippen molar-refractivity contribution in [3.8, 4) is 0 Å². The average molecular weight is 577 g/mol. The quantitative estimate of drug-likeness (QED) is 0.182. The highest BCUT2D eigenvalue weighted by atomic mass is 127. The van der Waals surface area contributed by atoms with Crippen LogP contribution < -0.4 is 16.0 Å². The minimum absolute atomic E-state index is 0. The molecule has 1 saturated heterocycles. The van der Waals surface area contributed by atoms with Crippen LogP contribution in [0.15, 0.2) is 35.3 Å². The van der Waals surface area contributed by atoms with Gasteiger partial charge in [0.05, 0.1) is 0 Å². The molecule has 0 aromatic heterocycles. The van der Waals surface area contributed by atoms with E-state index in [1.807, 2.05) is 37.3 Å². The first kappa shape index (κ1) is 27.8. The molecule has 178 valence electrons. The second-order valence-corrected chi connectivity index (χ2v) is 9.02. The summed E-state index contributed by atoms with van der Waals surface area (Å²) in [6.07, 6.45) is 1.60. The summed E-state index contributed by atoms with van der Waals surface area (Å²) in [5, 5.41) is 9.72. The van der Waals surface area contributed by atoms with E-state index in [2.05, 4.69) is 20.9 Å². The van der Waals surface area contributed by atoms with Crippen molar-refractivity contribution in [1.29, 1.82) is 0 Å². The first-order valence-corrected chi connectivity index (χ1v) is 11.6. The number of alkyl halides is 3. The molecule has 0 saturated carbocycles. The Morgan fingerprint density at radius 1 is 1.13 bits per heavy atom. The molecule has 1 aromatic rings. The van der Waals surface area contributed by atoms with Crippen molar-refractivity contribution >= 4 is 45.6 Å². The van der Waals surface area contributed by atoms with E-state index in [0.29, 0.717) is 42.7 Å². The predicted molar refractivity (Wildman–Crippen MR) is 128 cm³/mol. The van der Waals surface area contributed by atoms with Crippen molar-refractivity contribution in [3.05, 3.63) is 30.3 Å². The summed E-state index contributed by atoms with van der Waals surface area (Å²) in [4.78, 5) is 4.51. The number of para-hydroxylation sites is 1. The maximum absolute atomic E-state index is 12.7. The van der Waals surface area contributed by atoms with Crippen molar-refractivity contribution in [1.82, 2.24) is 14.9 Å². The molecule has 1 aliphatic heterocycles. The van der Waals surface area contributed by atoms with Crippen molar-refractivity contribution < 1.29 is 21.6 Å². The zero-order valence-corrected chi connectivity index (χ0v) is 20.6. The SMILES string of the molecule is CCNC(=NCC1CCN(S(=O)(=O)C(F)(F)F)CC1)NCCCNc1ccccc1.I. The minimum atomic E-state index is -5.24. The Hall–Kier alpha value is -1.28. The first-order valence-electron chi connectivity index (χ1n) is 10.1. The Labute approximate surface area is 199 Å². The topological polar surface area (TPSA) is 85.8 Å². The van der Waals surface area contributed by atoms with Crippen LogP contribution >= 0.6 is 24.0 Å². The first-order chi connectivity index (χ1) is 14.2. The van der Waals surface area contributed by atoms with Gasteiger partial charge in [-0.05, 0) is 44.2 Å². The van der Waals surface area contributed by atoms with Crippen molar-refractivity contribution in [2.24, 2.45) is 10.9 Å². The largest absolute Gasteiger partial charge is 0.511 e. The lowest BCUT2D eigenvalue weighted by Gasteiger charge is -2.30. The molecular weight excluding hydrogens is 546 g/mol. The molecule has 3 N–H and O–H groups in total. The fourth-order valence-electron chi connectivity index (χ4n) is 3.12. The van der Waals surface area contributed by atoms with Crippen molar-refractivity contribution in [2.75, 3.05) is 44.6 Å². The van der Waals surface area contributed by atoms with E-state index in [0.717, 1.165) is 18.7 Å². The van der Waals surface area contributed by atoms with Gasteiger partial charge >= 0.3 is 15.5 Å². The maximum Gasteiger partial charge on any atom is 0.511 e. The Morgan fingerprint density at radius 3 is 2.35 bits per heavy atom. The van der Waals surface area contributed by atoms with Gasteiger partial charge in [0.15, 0.2) is 5.96 Å². The number of aliphatic imine (C=N–C) groups is 1. The van der Waals surface area contributed by atoms with Gasteiger partial charge in [-0.15, -0.1) is 24.0 Å². The van der Waals surface area contributed by atoms with E-state index >= 15 is 0 Å². The van der Waals surface area contributed by atoms with Gasteiger partial charge < -0.3 is 16.0 Å². The molecule has 1 heterocycles. The van der Waals surface area contributed by atoms with Crippen LogP contribution in [0.4, 0.5) is 18.9 Å². The lowest BCUT2D eigenvalue weighted by atomic mass is 9.98. The zero-order valence-electron chi connectivity index (χ0n) is 17.5. The van der Waals surface area contributed by atoms with Crippen LogP contribution in [0.2, 0.25) is 0 Å². The number of nitrogens with zero attached hydrogens (tertiary/aromatic N) is 2. The van der Waals surface area contributed by atoms with Crippen LogP contribution in [0.5, 0.6) is 0 Å². The number of hydrogen-bond acceptors (Lipinski definition) is 4. The van der Waals surface area contributed by atoms with Gasteiger partial charge in [-0.2, -0.15) is 17.5 Å². The van der Waals surface area contributed by atoms with E-state index in [1.54, 1.807) is 0 Å². The van der Waals surface area contributed by atoms with Crippen molar-refractivity contribution in [3.63, 3.8) is 0 Å². The summed E-state index contributed by atoms with van der Waals surface area (Å²) in [6, 6.07) is 9.92. The van der Waals surface area contributed by atoms with E-state index in [1.165, 1.54) is 0 Å². The molecule has 1 fully saturated rings. The number of rotatable bonds is 9. The molecule has 1 aromatic carbocycles. The number of anilines is 1. The van der Waals surface area contributed by atoms with Gasteiger partial charge in [-0.3, -0.25) is 4.99 Å². The van der Waals surface area contributed by atoms with E-state index in [4.69, 9.17) is 0 Å². The Balaban J connectivity index is 0.00000480. The molecule has 0 bridgehead atoms. The molecule has 31 heavy (non-hydrogen) atoms. The molecule has 0 amide bonds. The number of hydrogen-bond donors (Lipinski definition) is 3. The summed E-state index contributed by atoms with van der Waals surface area (Å²) in [7, 11) is -5.23. The molecule has 7 nitrogen and oxygen atoms in total. The van der Waals surface area contributed by atoms with Crippen LogP contribution in [0, 0.1) is 5.92 Å². The van der Waals surface area contributed by atoms with Gasteiger partial charge in [0, 0.05) is 45.0 Å². The summed E-state index contributed by atoms with van der Waals surface area (Å²) in [6.45, 7) is 4.35. The second kappa shape index (κ2) is 13.3. The highest BCUT2D eigenvalue weighted by Crippen LogP contribution is 2.30. The Bertz CT molecular complexity index is 770. The number of guanidine groups is 1. The lowest BCUT2D eigenvalue weighted by Crippen LogP contribution is -2.45. The predicted octanol–water partition coefficient (Wildman–Crippen LogP) is 3.22. The fraction of sp³-hybridized carbons (Fsp3) is 0.632. The maximum atomic E-state index is 12.7. The molecule has 0 atom stereocenters. The molecule has 0 aliphatic carbocycles. The summed E-state index contributed by atoms with van der Waals surface area (Å²) < 4.78 is 61.4. The fourth-order valence-corrected chi connectivity index (χ4v) is 4.11. The zero-order chi connectivity index (χ0) is 22.0. The van der Waals surface area contributed by atoms with Crippen LogP contribution in [0.1, 0.15) is 26.2 Å². The van der Waals surface area contributed by atoms with Crippen LogP contribution in [0.3, 0.4) is 0 Å². The van der Waals surface area contributed by atoms with Crippen LogP contribution in [-0.4, -0.2) is 63.5 Å². The van der Waals surface area contributed by atoms with Gasteiger partial charge in [0.2, 0.25) is 0 Å². The highest BCUT2D eigenvalue weighted by molar-refractivity contribution is 14.0. The van der Waals surface area contributed by atoms with Gasteiger partial charge in [0.25, 0.3) is 0 Å². The number of piperidine rings is 1. The third-order valence-corrected chi connectivity index (χ3v) is 6.44. The molecule has 0 unspecified atom stereocenters. The molecule has 0 radical (unpaired) electrons. The number of halogens is 4. The van der Waals surface area contributed by atoms with Gasteiger partial charge in [-0.1, -0.05) is 18.2 Å². The smallest absolute Gasteiger partial charge is 0.385 e. The molecular formula is C19H31F3IN5O2S. The minimum Gasteiger partial charge on any atom is -0.385 e.